The van der Waals surface area contributed by atoms with E-state index in [0.717, 1.165) is 11.1 Å². The van der Waals surface area contributed by atoms with E-state index in [1.807, 2.05) is 30.3 Å². The minimum Gasteiger partial charge on any atom is -0.364 e. The van der Waals surface area contributed by atoms with Crippen LogP contribution in [0.4, 0.5) is 17.5 Å². The number of nitro groups is 1. The van der Waals surface area contributed by atoms with Crippen LogP contribution in [0, 0.1) is 10.1 Å². The summed E-state index contributed by atoms with van der Waals surface area (Å²) in [5.41, 5.74) is 2.88. The number of H-pyrrole nitrogens is 1. The molecule has 140 valence electrons. The maximum Gasteiger partial charge on any atom is 0.269 e. The third-order valence-corrected chi connectivity index (χ3v) is 4.06. The Balaban J connectivity index is 1.53. The van der Waals surface area contributed by atoms with Gasteiger partial charge < -0.3 is 10.6 Å². The second-order valence-electron chi connectivity index (χ2n) is 6.02. The highest BCUT2D eigenvalue weighted by Crippen LogP contribution is 2.20. The third-order valence-electron chi connectivity index (χ3n) is 4.06. The Morgan fingerprint density at radius 2 is 1.75 bits per heavy atom. The van der Waals surface area contributed by atoms with Gasteiger partial charge in [0, 0.05) is 25.2 Å². The van der Waals surface area contributed by atoms with E-state index in [1.54, 1.807) is 12.1 Å². The molecular formula is C18H16N8O2. The van der Waals surface area contributed by atoms with E-state index in [-0.39, 0.29) is 5.69 Å². The Kier molecular flexibility index (Phi) is 4.74. The Morgan fingerprint density at radius 3 is 2.57 bits per heavy atom. The molecule has 0 atom stereocenters. The molecule has 4 rings (SSSR count). The van der Waals surface area contributed by atoms with Crippen molar-refractivity contribution in [3.05, 3.63) is 75.8 Å². The van der Waals surface area contributed by atoms with Crippen molar-refractivity contribution in [2.45, 2.75) is 13.1 Å². The average Bonchev–Trinajstić information content (AvgIpc) is 3.20. The first-order valence-corrected chi connectivity index (χ1v) is 8.53. The topological polar surface area (TPSA) is 135 Å². The molecule has 3 N–H and O–H groups in total. The molecule has 0 aliphatic carbocycles. The van der Waals surface area contributed by atoms with Crippen molar-refractivity contribution in [2.75, 3.05) is 10.6 Å². The van der Waals surface area contributed by atoms with E-state index < -0.39 is 4.92 Å². The number of nitrogens with zero attached hydrogens (tertiary/aromatic N) is 5. The number of aromatic amines is 1. The van der Waals surface area contributed by atoms with E-state index in [0.29, 0.717) is 36.0 Å². The summed E-state index contributed by atoms with van der Waals surface area (Å²) in [6, 6.07) is 16.3. The van der Waals surface area contributed by atoms with E-state index in [2.05, 4.69) is 36.0 Å². The monoisotopic (exact) mass is 376 g/mol. The summed E-state index contributed by atoms with van der Waals surface area (Å²) in [6.45, 7) is 0.914. The number of fused-ring (bicyclic) bond motifs is 1. The van der Waals surface area contributed by atoms with Crippen molar-refractivity contribution >= 4 is 28.6 Å². The lowest BCUT2D eigenvalue weighted by molar-refractivity contribution is -0.384. The third kappa shape index (κ3) is 3.85. The number of benzene rings is 2. The smallest absolute Gasteiger partial charge is 0.269 e. The van der Waals surface area contributed by atoms with Crippen LogP contribution in [-0.2, 0) is 13.1 Å². The summed E-state index contributed by atoms with van der Waals surface area (Å²) < 4.78 is 0. The fraction of sp³-hybridized carbons (Fsp3) is 0.111. The van der Waals surface area contributed by atoms with Crippen LogP contribution >= 0.6 is 0 Å². The number of nitro benzene ring substituents is 1. The molecule has 2 heterocycles. The number of aromatic nitrogens is 5. The zero-order valence-corrected chi connectivity index (χ0v) is 14.7. The van der Waals surface area contributed by atoms with Gasteiger partial charge in [-0.2, -0.15) is 9.97 Å². The second kappa shape index (κ2) is 7.66. The fourth-order valence-corrected chi connectivity index (χ4v) is 2.69. The lowest BCUT2D eigenvalue weighted by Gasteiger charge is -2.09. The van der Waals surface area contributed by atoms with Gasteiger partial charge in [0.2, 0.25) is 5.95 Å². The van der Waals surface area contributed by atoms with Crippen molar-refractivity contribution in [1.29, 1.82) is 0 Å². The van der Waals surface area contributed by atoms with Crippen LogP contribution in [-0.4, -0.2) is 30.3 Å². The molecule has 0 bridgehead atoms. The van der Waals surface area contributed by atoms with Crippen LogP contribution in [0.15, 0.2) is 54.6 Å². The van der Waals surface area contributed by atoms with Gasteiger partial charge in [-0.1, -0.05) is 47.7 Å². The SMILES string of the molecule is O=[N+]([O-])c1cccc(CNc2nc(NCc3ccccc3)nc3[nH]nnc23)c1. The normalized spacial score (nSPS) is 10.7. The molecule has 0 spiro atoms. The molecule has 4 aromatic rings. The molecular weight excluding hydrogens is 360 g/mol. The number of anilines is 2. The molecule has 28 heavy (non-hydrogen) atoms. The highest BCUT2D eigenvalue weighted by Gasteiger charge is 2.12. The molecule has 0 amide bonds. The summed E-state index contributed by atoms with van der Waals surface area (Å²) in [7, 11) is 0. The molecule has 2 aromatic carbocycles. The number of non-ortho nitro benzene ring substituents is 1. The second-order valence-corrected chi connectivity index (χ2v) is 6.02. The maximum atomic E-state index is 10.9. The van der Waals surface area contributed by atoms with Crippen molar-refractivity contribution in [3.63, 3.8) is 0 Å². The number of nitrogens with one attached hydrogen (secondary N) is 3. The first kappa shape index (κ1) is 17.3. The first-order chi connectivity index (χ1) is 13.7. The van der Waals surface area contributed by atoms with Gasteiger partial charge in [-0.05, 0) is 11.1 Å². The van der Waals surface area contributed by atoms with Gasteiger partial charge in [0.1, 0.15) is 0 Å². The lowest BCUT2D eigenvalue weighted by atomic mass is 10.2. The Hall–Kier alpha value is -4.08. The van der Waals surface area contributed by atoms with Crippen LogP contribution in [0.25, 0.3) is 11.2 Å². The van der Waals surface area contributed by atoms with Gasteiger partial charge in [-0.25, -0.2) is 5.10 Å². The van der Waals surface area contributed by atoms with Gasteiger partial charge in [0.15, 0.2) is 17.0 Å². The largest absolute Gasteiger partial charge is 0.364 e. The summed E-state index contributed by atoms with van der Waals surface area (Å²) >= 11 is 0. The van der Waals surface area contributed by atoms with Crippen LogP contribution < -0.4 is 10.6 Å². The quantitative estimate of drug-likeness (QED) is 0.331. The molecule has 10 nitrogen and oxygen atoms in total. The van der Waals surface area contributed by atoms with Gasteiger partial charge in [0.25, 0.3) is 5.69 Å². The number of rotatable bonds is 7. The predicted octanol–water partition coefficient (Wildman–Crippen LogP) is 2.88. The van der Waals surface area contributed by atoms with Crippen LogP contribution in [0.1, 0.15) is 11.1 Å². The Labute approximate surface area is 159 Å². The van der Waals surface area contributed by atoms with Gasteiger partial charge >= 0.3 is 0 Å². The zero-order valence-electron chi connectivity index (χ0n) is 14.7. The van der Waals surface area contributed by atoms with Crippen LogP contribution in [0.5, 0.6) is 0 Å². The zero-order chi connectivity index (χ0) is 19.3. The van der Waals surface area contributed by atoms with Crippen LogP contribution in [0.3, 0.4) is 0 Å². The summed E-state index contributed by atoms with van der Waals surface area (Å²) in [5, 5.41) is 27.8. The summed E-state index contributed by atoms with van der Waals surface area (Å²) in [5.74, 6) is 0.907. The van der Waals surface area contributed by atoms with E-state index in [4.69, 9.17) is 0 Å². The van der Waals surface area contributed by atoms with E-state index in [1.165, 1.54) is 12.1 Å². The molecule has 0 aliphatic rings. The van der Waals surface area contributed by atoms with E-state index in [9.17, 15) is 10.1 Å². The molecule has 10 heteroatoms. The van der Waals surface area contributed by atoms with Crippen molar-refractivity contribution in [3.8, 4) is 0 Å². The average molecular weight is 376 g/mol. The molecule has 0 saturated carbocycles. The predicted molar refractivity (Wildman–Crippen MR) is 104 cm³/mol. The maximum absolute atomic E-state index is 10.9. The van der Waals surface area contributed by atoms with Gasteiger partial charge in [-0.3, -0.25) is 10.1 Å². The molecule has 0 aliphatic heterocycles. The molecule has 0 radical (unpaired) electrons. The van der Waals surface area contributed by atoms with Crippen molar-refractivity contribution in [2.24, 2.45) is 0 Å². The highest BCUT2D eigenvalue weighted by molar-refractivity contribution is 5.82. The molecule has 0 unspecified atom stereocenters. The van der Waals surface area contributed by atoms with Crippen LogP contribution in [0.2, 0.25) is 0 Å². The van der Waals surface area contributed by atoms with E-state index >= 15 is 0 Å². The van der Waals surface area contributed by atoms with Gasteiger partial charge in [-0.15, -0.1) is 5.10 Å². The van der Waals surface area contributed by atoms with Crippen molar-refractivity contribution in [1.82, 2.24) is 25.4 Å². The number of hydrogen-bond donors (Lipinski definition) is 3. The summed E-state index contributed by atoms with van der Waals surface area (Å²) in [6.07, 6.45) is 0. The lowest BCUT2D eigenvalue weighted by Crippen LogP contribution is -2.08. The first-order valence-electron chi connectivity index (χ1n) is 8.53. The highest BCUT2D eigenvalue weighted by atomic mass is 16.6. The fourth-order valence-electron chi connectivity index (χ4n) is 2.69. The van der Waals surface area contributed by atoms with Crippen molar-refractivity contribution < 1.29 is 4.92 Å². The Morgan fingerprint density at radius 1 is 0.964 bits per heavy atom. The number of hydrogen-bond acceptors (Lipinski definition) is 8. The molecule has 0 saturated heterocycles. The van der Waals surface area contributed by atoms with Gasteiger partial charge in [0.05, 0.1) is 4.92 Å². The standard InChI is InChI=1S/C18H16N8O2/c27-26(28)14-8-4-7-13(9-14)11-19-16-15-17(24-25-23-15)22-18(21-16)20-10-12-5-2-1-3-6-12/h1-9H,10-11H2,(H3,19,20,21,22,23,24,25). The minimum absolute atomic E-state index is 0.0405. The Bertz CT molecular complexity index is 1110. The molecule has 0 fully saturated rings. The summed E-state index contributed by atoms with van der Waals surface area (Å²) in [4.78, 5) is 19.4. The molecule has 2 aromatic heterocycles. The minimum atomic E-state index is -0.421.